The number of hydrogen-bond acceptors (Lipinski definition) is 4. The van der Waals surface area contributed by atoms with Crippen molar-refractivity contribution in [1.82, 2.24) is 4.90 Å². The standard InChI is InChI=1S/C16H23FN2O2/c1-2-21-16(20)15-5-3-4-6-19(15)11-13-7-12(10-18)8-14(17)9-13/h7-9,15H,2-6,10-11,18H2,1H3. The molecule has 5 heteroatoms. The number of ether oxygens (including phenoxy) is 1. The first-order valence-corrected chi connectivity index (χ1v) is 7.53. The van der Waals surface area contributed by atoms with Gasteiger partial charge < -0.3 is 10.5 Å². The molecule has 1 fully saturated rings. The number of carbonyl (C=O) groups is 1. The smallest absolute Gasteiger partial charge is 0.323 e. The van der Waals surface area contributed by atoms with Gasteiger partial charge in [-0.15, -0.1) is 0 Å². The minimum absolute atomic E-state index is 0.173. The highest BCUT2D eigenvalue weighted by atomic mass is 19.1. The molecule has 1 unspecified atom stereocenters. The molecule has 21 heavy (non-hydrogen) atoms. The van der Waals surface area contributed by atoms with Gasteiger partial charge in [-0.05, 0) is 49.6 Å². The first-order chi connectivity index (χ1) is 10.1. The Morgan fingerprint density at radius 1 is 1.38 bits per heavy atom. The number of rotatable bonds is 5. The third-order valence-electron chi connectivity index (χ3n) is 3.81. The van der Waals surface area contributed by atoms with Crippen molar-refractivity contribution in [3.05, 3.63) is 35.1 Å². The highest BCUT2D eigenvalue weighted by molar-refractivity contribution is 5.75. The summed E-state index contributed by atoms with van der Waals surface area (Å²) < 4.78 is 18.7. The number of hydrogen-bond donors (Lipinski definition) is 1. The SMILES string of the molecule is CCOC(=O)C1CCCCN1Cc1cc(F)cc(CN)c1. The number of likely N-dealkylation sites (tertiary alicyclic amines) is 1. The molecule has 0 amide bonds. The molecule has 1 heterocycles. The third kappa shape index (κ3) is 4.25. The molecule has 1 aromatic rings. The maximum absolute atomic E-state index is 13.6. The maximum atomic E-state index is 13.6. The number of carbonyl (C=O) groups excluding carboxylic acids is 1. The second-order valence-corrected chi connectivity index (χ2v) is 5.41. The lowest BCUT2D eigenvalue weighted by Gasteiger charge is -2.34. The summed E-state index contributed by atoms with van der Waals surface area (Å²) in [5.41, 5.74) is 7.21. The molecule has 1 aliphatic rings. The van der Waals surface area contributed by atoms with Gasteiger partial charge in [0.25, 0.3) is 0 Å². The predicted octanol–water partition coefficient (Wildman–Crippen LogP) is 2.20. The zero-order valence-electron chi connectivity index (χ0n) is 12.5. The Labute approximate surface area is 125 Å². The number of halogens is 1. The van der Waals surface area contributed by atoms with Crippen LogP contribution in [0.3, 0.4) is 0 Å². The Morgan fingerprint density at radius 3 is 2.86 bits per heavy atom. The fourth-order valence-electron chi connectivity index (χ4n) is 2.85. The molecule has 1 aromatic carbocycles. The summed E-state index contributed by atoms with van der Waals surface area (Å²) in [4.78, 5) is 14.1. The summed E-state index contributed by atoms with van der Waals surface area (Å²) in [6.07, 6.45) is 2.88. The van der Waals surface area contributed by atoms with Crippen molar-refractivity contribution in [2.45, 2.75) is 45.3 Å². The normalized spacial score (nSPS) is 19.5. The second kappa shape index (κ2) is 7.52. The van der Waals surface area contributed by atoms with Crippen LogP contribution in [0.5, 0.6) is 0 Å². The van der Waals surface area contributed by atoms with E-state index in [2.05, 4.69) is 4.90 Å². The van der Waals surface area contributed by atoms with Crippen LogP contribution in [0.15, 0.2) is 18.2 Å². The molecule has 0 saturated carbocycles. The topological polar surface area (TPSA) is 55.6 Å². The lowest BCUT2D eigenvalue weighted by molar-refractivity contribution is -0.151. The van der Waals surface area contributed by atoms with Crippen molar-refractivity contribution >= 4 is 5.97 Å². The maximum Gasteiger partial charge on any atom is 0.323 e. The lowest BCUT2D eigenvalue weighted by atomic mass is 10.0. The summed E-state index contributed by atoms with van der Waals surface area (Å²) in [5.74, 6) is -0.453. The van der Waals surface area contributed by atoms with Crippen LogP contribution in [0.1, 0.15) is 37.3 Å². The first-order valence-electron chi connectivity index (χ1n) is 7.53. The van der Waals surface area contributed by atoms with E-state index in [-0.39, 0.29) is 17.8 Å². The first kappa shape index (κ1) is 15.9. The molecule has 0 radical (unpaired) electrons. The van der Waals surface area contributed by atoms with Crippen molar-refractivity contribution in [1.29, 1.82) is 0 Å². The van der Waals surface area contributed by atoms with Crippen LogP contribution in [0, 0.1) is 5.82 Å². The summed E-state index contributed by atoms with van der Waals surface area (Å²) in [7, 11) is 0. The van der Waals surface area contributed by atoms with Gasteiger partial charge in [0.15, 0.2) is 0 Å². The van der Waals surface area contributed by atoms with Crippen LogP contribution >= 0.6 is 0 Å². The zero-order valence-corrected chi connectivity index (χ0v) is 12.5. The van der Waals surface area contributed by atoms with Crippen LogP contribution in [-0.2, 0) is 22.6 Å². The molecule has 2 rings (SSSR count). The monoisotopic (exact) mass is 294 g/mol. The number of piperidine rings is 1. The molecule has 1 atom stereocenters. The van der Waals surface area contributed by atoms with E-state index >= 15 is 0 Å². The van der Waals surface area contributed by atoms with Gasteiger partial charge in [0, 0.05) is 13.1 Å². The Kier molecular flexibility index (Phi) is 5.70. The summed E-state index contributed by atoms with van der Waals surface area (Å²) in [6.45, 7) is 3.89. The second-order valence-electron chi connectivity index (χ2n) is 5.41. The van der Waals surface area contributed by atoms with Gasteiger partial charge in [-0.1, -0.05) is 12.5 Å². The molecule has 0 aromatic heterocycles. The fraction of sp³-hybridized carbons (Fsp3) is 0.562. The van der Waals surface area contributed by atoms with Crippen LogP contribution in [0.2, 0.25) is 0 Å². The van der Waals surface area contributed by atoms with Crippen molar-refractivity contribution in [3.8, 4) is 0 Å². The largest absolute Gasteiger partial charge is 0.465 e. The number of benzene rings is 1. The Hall–Kier alpha value is -1.46. The molecule has 4 nitrogen and oxygen atoms in total. The summed E-state index contributed by atoms with van der Waals surface area (Å²) in [6, 6.07) is 4.64. The van der Waals surface area contributed by atoms with E-state index in [0.29, 0.717) is 19.7 Å². The van der Waals surface area contributed by atoms with Crippen LogP contribution in [-0.4, -0.2) is 30.1 Å². The van der Waals surface area contributed by atoms with Gasteiger partial charge in [0.05, 0.1) is 6.61 Å². The van der Waals surface area contributed by atoms with E-state index in [1.54, 1.807) is 0 Å². The van der Waals surface area contributed by atoms with Crippen LogP contribution in [0.4, 0.5) is 4.39 Å². The molecule has 0 bridgehead atoms. The van der Waals surface area contributed by atoms with E-state index in [1.165, 1.54) is 12.1 Å². The summed E-state index contributed by atoms with van der Waals surface area (Å²) >= 11 is 0. The quantitative estimate of drug-likeness (QED) is 0.846. The highest BCUT2D eigenvalue weighted by Crippen LogP contribution is 2.21. The van der Waals surface area contributed by atoms with Gasteiger partial charge in [0.1, 0.15) is 11.9 Å². The van der Waals surface area contributed by atoms with E-state index in [0.717, 1.165) is 36.9 Å². The molecule has 1 aliphatic heterocycles. The van der Waals surface area contributed by atoms with Crippen LogP contribution < -0.4 is 5.73 Å². The molecule has 116 valence electrons. The Bertz CT molecular complexity index is 493. The predicted molar refractivity (Wildman–Crippen MR) is 79.0 cm³/mol. The minimum Gasteiger partial charge on any atom is -0.465 e. The summed E-state index contributed by atoms with van der Waals surface area (Å²) in [5, 5.41) is 0. The zero-order chi connectivity index (χ0) is 15.2. The molecule has 1 saturated heterocycles. The van der Waals surface area contributed by atoms with Gasteiger partial charge in [-0.25, -0.2) is 4.39 Å². The fourth-order valence-corrected chi connectivity index (χ4v) is 2.85. The van der Waals surface area contributed by atoms with Gasteiger partial charge in [-0.2, -0.15) is 0 Å². The number of nitrogens with two attached hydrogens (primary N) is 1. The highest BCUT2D eigenvalue weighted by Gasteiger charge is 2.29. The molecule has 0 aliphatic carbocycles. The van der Waals surface area contributed by atoms with Gasteiger partial charge in [-0.3, -0.25) is 9.69 Å². The van der Waals surface area contributed by atoms with Crippen molar-refractivity contribution < 1.29 is 13.9 Å². The molecule has 2 N–H and O–H groups in total. The van der Waals surface area contributed by atoms with E-state index in [1.807, 2.05) is 13.0 Å². The van der Waals surface area contributed by atoms with E-state index in [9.17, 15) is 9.18 Å². The third-order valence-corrected chi connectivity index (χ3v) is 3.81. The Balaban J connectivity index is 2.11. The molecular weight excluding hydrogens is 271 g/mol. The van der Waals surface area contributed by atoms with Crippen molar-refractivity contribution in [2.24, 2.45) is 5.73 Å². The molecular formula is C16H23FN2O2. The van der Waals surface area contributed by atoms with Gasteiger partial charge >= 0.3 is 5.97 Å². The van der Waals surface area contributed by atoms with Crippen molar-refractivity contribution in [3.63, 3.8) is 0 Å². The average molecular weight is 294 g/mol. The van der Waals surface area contributed by atoms with E-state index < -0.39 is 0 Å². The number of esters is 1. The Morgan fingerprint density at radius 2 is 2.14 bits per heavy atom. The van der Waals surface area contributed by atoms with Crippen LogP contribution in [0.25, 0.3) is 0 Å². The number of nitrogens with zero attached hydrogens (tertiary/aromatic N) is 1. The lowest BCUT2D eigenvalue weighted by Crippen LogP contribution is -2.45. The van der Waals surface area contributed by atoms with E-state index in [4.69, 9.17) is 10.5 Å². The molecule has 0 spiro atoms. The average Bonchev–Trinajstić information content (AvgIpc) is 2.47. The van der Waals surface area contributed by atoms with Crippen molar-refractivity contribution in [2.75, 3.05) is 13.2 Å². The minimum atomic E-state index is -0.280. The van der Waals surface area contributed by atoms with Gasteiger partial charge in [0.2, 0.25) is 0 Å².